The van der Waals surface area contributed by atoms with E-state index in [1.54, 1.807) is 6.92 Å². The maximum absolute atomic E-state index is 10.7. The van der Waals surface area contributed by atoms with E-state index in [2.05, 4.69) is 20.6 Å². The molecule has 1 unspecified atom stereocenters. The Kier molecular flexibility index (Phi) is 3.42. The SMILES string of the molecule is C#CCC(Nc1nc(C)ns1)C(=O)O. The lowest BCUT2D eigenvalue weighted by Crippen LogP contribution is -2.28. The minimum absolute atomic E-state index is 0.119. The van der Waals surface area contributed by atoms with Crippen molar-refractivity contribution in [3.63, 3.8) is 0 Å². The van der Waals surface area contributed by atoms with Crippen molar-refractivity contribution in [3.8, 4) is 12.3 Å². The second-order valence-electron chi connectivity index (χ2n) is 2.59. The highest BCUT2D eigenvalue weighted by Gasteiger charge is 2.17. The first kappa shape index (κ1) is 10.5. The van der Waals surface area contributed by atoms with E-state index in [0.29, 0.717) is 11.0 Å². The molecule has 0 aliphatic heterocycles. The van der Waals surface area contributed by atoms with Gasteiger partial charge >= 0.3 is 5.97 Å². The van der Waals surface area contributed by atoms with E-state index in [4.69, 9.17) is 11.5 Å². The molecular formula is C8H9N3O2S. The number of terminal acetylenes is 1. The summed E-state index contributed by atoms with van der Waals surface area (Å²) in [6, 6.07) is -0.799. The monoisotopic (exact) mass is 211 g/mol. The zero-order valence-corrected chi connectivity index (χ0v) is 8.34. The largest absolute Gasteiger partial charge is 0.480 e. The van der Waals surface area contributed by atoms with Crippen LogP contribution in [-0.4, -0.2) is 26.5 Å². The summed E-state index contributed by atoms with van der Waals surface area (Å²) in [6.07, 6.45) is 5.16. The Labute approximate surface area is 85.3 Å². The third-order valence-corrected chi connectivity index (χ3v) is 2.18. The quantitative estimate of drug-likeness (QED) is 0.718. The number of anilines is 1. The van der Waals surface area contributed by atoms with Crippen LogP contribution in [0.4, 0.5) is 5.13 Å². The van der Waals surface area contributed by atoms with E-state index in [0.717, 1.165) is 11.5 Å². The number of carboxylic acids is 1. The molecule has 14 heavy (non-hydrogen) atoms. The summed E-state index contributed by atoms with van der Waals surface area (Å²) in [5.74, 6) is 1.91. The molecule has 0 bridgehead atoms. The van der Waals surface area contributed by atoms with Gasteiger partial charge in [0.25, 0.3) is 0 Å². The lowest BCUT2D eigenvalue weighted by molar-refractivity contribution is -0.137. The molecule has 0 saturated carbocycles. The topological polar surface area (TPSA) is 75.1 Å². The van der Waals surface area contributed by atoms with Crippen LogP contribution in [0.5, 0.6) is 0 Å². The highest BCUT2D eigenvalue weighted by atomic mass is 32.1. The predicted molar refractivity (Wildman–Crippen MR) is 53.1 cm³/mol. The molecule has 0 aliphatic carbocycles. The van der Waals surface area contributed by atoms with Gasteiger partial charge in [-0.05, 0) is 6.92 Å². The van der Waals surface area contributed by atoms with Crippen LogP contribution in [0, 0.1) is 19.3 Å². The number of aromatic nitrogens is 2. The van der Waals surface area contributed by atoms with Gasteiger partial charge in [0.15, 0.2) is 0 Å². The third kappa shape index (κ3) is 2.71. The van der Waals surface area contributed by atoms with Crippen molar-refractivity contribution < 1.29 is 9.90 Å². The summed E-state index contributed by atoms with van der Waals surface area (Å²) in [4.78, 5) is 14.7. The number of carboxylic acid groups (broad SMARTS) is 1. The molecule has 1 rings (SSSR count). The van der Waals surface area contributed by atoms with Crippen molar-refractivity contribution >= 4 is 22.6 Å². The van der Waals surface area contributed by atoms with Crippen LogP contribution >= 0.6 is 11.5 Å². The number of rotatable bonds is 4. The zero-order chi connectivity index (χ0) is 10.6. The van der Waals surface area contributed by atoms with Crippen LogP contribution in [-0.2, 0) is 4.79 Å². The normalized spacial score (nSPS) is 11.7. The van der Waals surface area contributed by atoms with Gasteiger partial charge in [-0.3, -0.25) is 0 Å². The van der Waals surface area contributed by atoms with E-state index in [-0.39, 0.29) is 6.42 Å². The van der Waals surface area contributed by atoms with Crippen LogP contribution in [0.2, 0.25) is 0 Å². The molecule has 0 aliphatic rings. The highest BCUT2D eigenvalue weighted by Crippen LogP contribution is 2.12. The van der Waals surface area contributed by atoms with Crippen LogP contribution in [0.1, 0.15) is 12.2 Å². The Balaban J connectivity index is 2.65. The Bertz CT molecular complexity index is 369. The summed E-state index contributed by atoms with van der Waals surface area (Å²) in [5, 5.41) is 12.0. The molecule has 6 heteroatoms. The summed E-state index contributed by atoms with van der Waals surface area (Å²) >= 11 is 1.12. The molecule has 0 amide bonds. The van der Waals surface area contributed by atoms with Crippen LogP contribution < -0.4 is 5.32 Å². The lowest BCUT2D eigenvalue weighted by Gasteiger charge is -2.08. The maximum Gasteiger partial charge on any atom is 0.327 e. The highest BCUT2D eigenvalue weighted by molar-refractivity contribution is 7.09. The van der Waals surface area contributed by atoms with Gasteiger partial charge in [-0.15, -0.1) is 12.3 Å². The predicted octanol–water partition coefficient (Wildman–Crippen LogP) is 0.735. The van der Waals surface area contributed by atoms with Crippen molar-refractivity contribution in [3.05, 3.63) is 5.82 Å². The standard InChI is InChI=1S/C8H9N3O2S/c1-3-4-6(7(12)13)10-8-9-5(2)11-14-8/h1,6H,4H2,2H3,(H,12,13)(H,9,10,11). The first-order chi connectivity index (χ1) is 6.63. The van der Waals surface area contributed by atoms with Crippen molar-refractivity contribution in [2.75, 3.05) is 5.32 Å². The number of aryl methyl sites for hydroxylation is 1. The second kappa shape index (κ2) is 4.58. The fourth-order valence-electron chi connectivity index (χ4n) is 0.823. The number of hydrogen-bond acceptors (Lipinski definition) is 5. The van der Waals surface area contributed by atoms with E-state index < -0.39 is 12.0 Å². The van der Waals surface area contributed by atoms with Crippen molar-refractivity contribution in [2.24, 2.45) is 0 Å². The van der Waals surface area contributed by atoms with Gasteiger partial charge in [-0.2, -0.15) is 4.37 Å². The molecule has 0 aromatic carbocycles. The third-order valence-electron chi connectivity index (χ3n) is 1.45. The van der Waals surface area contributed by atoms with Crippen LogP contribution in [0.25, 0.3) is 0 Å². The van der Waals surface area contributed by atoms with Gasteiger partial charge < -0.3 is 10.4 Å². The van der Waals surface area contributed by atoms with Gasteiger partial charge in [-0.25, -0.2) is 9.78 Å². The fraction of sp³-hybridized carbons (Fsp3) is 0.375. The van der Waals surface area contributed by atoms with Gasteiger partial charge in [0.2, 0.25) is 5.13 Å². The molecule has 5 nitrogen and oxygen atoms in total. The van der Waals surface area contributed by atoms with Crippen LogP contribution in [0.15, 0.2) is 0 Å². The Morgan fingerprint density at radius 1 is 1.86 bits per heavy atom. The van der Waals surface area contributed by atoms with Gasteiger partial charge in [-0.1, -0.05) is 0 Å². The average molecular weight is 211 g/mol. The Hall–Kier alpha value is -1.61. The number of carbonyl (C=O) groups is 1. The van der Waals surface area contributed by atoms with Crippen molar-refractivity contribution in [2.45, 2.75) is 19.4 Å². The molecule has 0 radical (unpaired) electrons. The van der Waals surface area contributed by atoms with Gasteiger partial charge in [0.1, 0.15) is 11.9 Å². The average Bonchev–Trinajstić information content (AvgIpc) is 2.50. The molecule has 0 spiro atoms. The molecule has 1 atom stereocenters. The Morgan fingerprint density at radius 2 is 2.57 bits per heavy atom. The number of aliphatic carboxylic acids is 1. The summed E-state index contributed by atoms with van der Waals surface area (Å²) in [5.41, 5.74) is 0. The smallest absolute Gasteiger partial charge is 0.327 e. The number of hydrogen-bond donors (Lipinski definition) is 2. The number of nitrogens with zero attached hydrogens (tertiary/aromatic N) is 2. The molecule has 74 valence electrons. The molecular weight excluding hydrogens is 202 g/mol. The summed E-state index contributed by atoms with van der Waals surface area (Å²) in [6.45, 7) is 1.73. The van der Waals surface area contributed by atoms with E-state index in [1.165, 1.54) is 0 Å². The van der Waals surface area contributed by atoms with E-state index >= 15 is 0 Å². The molecule has 2 N–H and O–H groups in total. The Morgan fingerprint density at radius 3 is 3.00 bits per heavy atom. The van der Waals surface area contributed by atoms with Gasteiger partial charge in [0, 0.05) is 18.0 Å². The molecule has 0 saturated heterocycles. The minimum atomic E-state index is -0.990. The first-order valence-electron chi connectivity index (χ1n) is 3.86. The second-order valence-corrected chi connectivity index (χ2v) is 3.34. The maximum atomic E-state index is 10.7. The lowest BCUT2D eigenvalue weighted by atomic mass is 10.2. The van der Waals surface area contributed by atoms with Crippen molar-refractivity contribution in [1.82, 2.24) is 9.36 Å². The summed E-state index contributed by atoms with van der Waals surface area (Å²) in [7, 11) is 0. The molecule has 1 heterocycles. The van der Waals surface area contributed by atoms with Crippen LogP contribution in [0.3, 0.4) is 0 Å². The van der Waals surface area contributed by atoms with Gasteiger partial charge in [0.05, 0.1) is 0 Å². The molecule has 1 aromatic rings. The first-order valence-corrected chi connectivity index (χ1v) is 4.64. The zero-order valence-electron chi connectivity index (χ0n) is 7.52. The summed E-state index contributed by atoms with van der Waals surface area (Å²) < 4.78 is 3.91. The van der Waals surface area contributed by atoms with E-state index in [9.17, 15) is 4.79 Å². The minimum Gasteiger partial charge on any atom is -0.480 e. The molecule has 0 fully saturated rings. The van der Waals surface area contributed by atoms with Crippen molar-refractivity contribution in [1.29, 1.82) is 0 Å². The van der Waals surface area contributed by atoms with E-state index in [1.807, 2.05) is 0 Å². The fourth-order valence-corrected chi connectivity index (χ4v) is 1.45. The molecule has 1 aromatic heterocycles. The number of nitrogens with one attached hydrogen (secondary N) is 1.